The van der Waals surface area contributed by atoms with Crippen molar-refractivity contribution >= 4 is 15.9 Å². The first-order valence-electron chi connectivity index (χ1n) is 10.3. The summed E-state index contributed by atoms with van der Waals surface area (Å²) in [5.74, 6) is -0.317. The van der Waals surface area contributed by atoms with Gasteiger partial charge in [0.05, 0.1) is 6.26 Å². The van der Waals surface area contributed by atoms with Crippen LogP contribution in [0.1, 0.15) is 37.2 Å². The number of carbonyl (C=O) groups excluding carboxylic acids is 1. The van der Waals surface area contributed by atoms with Gasteiger partial charge in [0.2, 0.25) is 15.9 Å². The molecule has 2 aromatic rings. The molecule has 4 rings (SSSR count). The standard InChI is InChI=1S/C22H26FN3O3S/c1-30(28,29)25-15-6-5-12-26(13-10-15)22(27)19-14-18(19)16-7-2-3-8-17(16)21-20(23)9-4-11-24-21/h2-4,7-9,11,15,18-19,25H,5-6,10,12-14H2,1H3/t15-,18+,19-/m0/s1. The fraction of sp³-hybridized carbons (Fsp3) is 0.455. The first-order valence-corrected chi connectivity index (χ1v) is 12.2. The number of halogens is 1. The molecule has 0 bridgehead atoms. The third kappa shape index (κ3) is 4.70. The SMILES string of the molecule is CS(=O)(=O)N[C@H]1CCCN(C(=O)[C@H]2C[C@@H]2c2ccccc2-c2ncccc2F)CC1. The van der Waals surface area contributed by atoms with Gasteiger partial charge in [0.1, 0.15) is 11.5 Å². The van der Waals surface area contributed by atoms with E-state index >= 15 is 0 Å². The Morgan fingerprint density at radius 1 is 1.17 bits per heavy atom. The molecule has 1 aromatic carbocycles. The quantitative estimate of drug-likeness (QED) is 0.790. The summed E-state index contributed by atoms with van der Waals surface area (Å²) in [6.45, 7) is 1.19. The van der Waals surface area contributed by atoms with E-state index in [4.69, 9.17) is 0 Å². The topological polar surface area (TPSA) is 79.4 Å². The summed E-state index contributed by atoms with van der Waals surface area (Å²) in [4.78, 5) is 19.2. The number of hydrogen-bond donors (Lipinski definition) is 1. The first kappa shape index (κ1) is 20.9. The average Bonchev–Trinajstić information content (AvgIpc) is 3.51. The molecule has 0 unspecified atom stereocenters. The van der Waals surface area contributed by atoms with E-state index < -0.39 is 10.0 Å². The molecule has 2 heterocycles. The lowest BCUT2D eigenvalue weighted by atomic mass is 9.98. The molecular weight excluding hydrogens is 405 g/mol. The fourth-order valence-corrected chi connectivity index (χ4v) is 5.24. The summed E-state index contributed by atoms with van der Waals surface area (Å²) >= 11 is 0. The lowest BCUT2D eigenvalue weighted by Gasteiger charge is -2.21. The number of hydrogen-bond acceptors (Lipinski definition) is 4. The third-order valence-electron chi connectivity index (χ3n) is 5.90. The predicted molar refractivity (Wildman–Crippen MR) is 113 cm³/mol. The molecule has 1 aromatic heterocycles. The monoisotopic (exact) mass is 431 g/mol. The summed E-state index contributed by atoms with van der Waals surface area (Å²) in [5.41, 5.74) is 2.01. The minimum absolute atomic E-state index is 0.0586. The van der Waals surface area contributed by atoms with Crippen LogP contribution in [0.25, 0.3) is 11.3 Å². The molecule has 1 amide bonds. The number of likely N-dealkylation sites (tertiary alicyclic amines) is 1. The van der Waals surface area contributed by atoms with Gasteiger partial charge in [-0.3, -0.25) is 9.78 Å². The maximum atomic E-state index is 14.3. The Kier molecular flexibility index (Phi) is 5.88. The van der Waals surface area contributed by atoms with Gasteiger partial charge in [0.15, 0.2) is 0 Å². The number of nitrogens with one attached hydrogen (secondary N) is 1. The van der Waals surface area contributed by atoms with Crippen LogP contribution in [-0.2, 0) is 14.8 Å². The smallest absolute Gasteiger partial charge is 0.226 e. The van der Waals surface area contributed by atoms with Crippen LogP contribution in [0.2, 0.25) is 0 Å². The number of amides is 1. The van der Waals surface area contributed by atoms with Crippen molar-refractivity contribution in [3.05, 3.63) is 54.0 Å². The van der Waals surface area contributed by atoms with Crippen molar-refractivity contribution in [3.63, 3.8) is 0 Å². The number of nitrogens with zero attached hydrogens (tertiary/aromatic N) is 2. The van der Waals surface area contributed by atoms with Crippen LogP contribution in [-0.4, -0.2) is 49.6 Å². The van der Waals surface area contributed by atoms with Gasteiger partial charge in [0.25, 0.3) is 0 Å². The second-order valence-corrected chi connectivity index (χ2v) is 9.99. The average molecular weight is 432 g/mol. The minimum atomic E-state index is -3.25. The van der Waals surface area contributed by atoms with Crippen LogP contribution >= 0.6 is 0 Å². The highest BCUT2D eigenvalue weighted by atomic mass is 32.2. The third-order valence-corrected chi connectivity index (χ3v) is 6.66. The highest BCUT2D eigenvalue weighted by molar-refractivity contribution is 7.88. The van der Waals surface area contributed by atoms with E-state index in [1.807, 2.05) is 29.2 Å². The molecular formula is C22H26FN3O3S. The predicted octanol–water partition coefficient (Wildman–Crippen LogP) is 2.92. The maximum Gasteiger partial charge on any atom is 0.226 e. The molecule has 1 N–H and O–H groups in total. The number of carbonyl (C=O) groups is 1. The zero-order valence-electron chi connectivity index (χ0n) is 16.9. The van der Waals surface area contributed by atoms with Crippen molar-refractivity contribution in [3.8, 4) is 11.3 Å². The summed E-state index contributed by atoms with van der Waals surface area (Å²) in [6.07, 6.45) is 5.59. The van der Waals surface area contributed by atoms with Crippen LogP contribution in [0, 0.1) is 11.7 Å². The van der Waals surface area contributed by atoms with E-state index in [0.29, 0.717) is 25.2 Å². The highest BCUT2D eigenvalue weighted by Gasteiger charge is 2.47. The molecule has 1 aliphatic heterocycles. The van der Waals surface area contributed by atoms with Crippen LogP contribution in [0.15, 0.2) is 42.6 Å². The molecule has 1 aliphatic carbocycles. The largest absolute Gasteiger partial charge is 0.342 e. The van der Waals surface area contributed by atoms with E-state index in [9.17, 15) is 17.6 Å². The second kappa shape index (κ2) is 8.43. The number of benzene rings is 1. The normalized spacial score (nSPS) is 24.3. The Morgan fingerprint density at radius 2 is 1.97 bits per heavy atom. The molecule has 3 atom stereocenters. The summed E-state index contributed by atoms with van der Waals surface area (Å²) in [5, 5.41) is 0. The van der Waals surface area contributed by atoms with Gasteiger partial charge in [-0.2, -0.15) is 0 Å². The highest BCUT2D eigenvalue weighted by Crippen LogP contribution is 2.51. The van der Waals surface area contributed by atoms with E-state index in [2.05, 4.69) is 9.71 Å². The van der Waals surface area contributed by atoms with Gasteiger partial charge in [-0.1, -0.05) is 24.3 Å². The Balaban J connectivity index is 1.45. The van der Waals surface area contributed by atoms with Crippen molar-refractivity contribution < 1.29 is 17.6 Å². The van der Waals surface area contributed by atoms with Gasteiger partial charge in [-0.25, -0.2) is 17.5 Å². The van der Waals surface area contributed by atoms with Crippen molar-refractivity contribution in [2.45, 2.75) is 37.6 Å². The Hall–Kier alpha value is -2.32. The summed E-state index contributed by atoms with van der Waals surface area (Å²) in [7, 11) is -3.25. The fourth-order valence-electron chi connectivity index (χ4n) is 4.40. The van der Waals surface area contributed by atoms with Gasteiger partial charge in [-0.05, 0) is 49.3 Å². The molecule has 30 heavy (non-hydrogen) atoms. The Bertz CT molecular complexity index is 1040. The Morgan fingerprint density at radius 3 is 2.73 bits per heavy atom. The van der Waals surface area contributed by atoms with Gasteiger partial charge in [-0.15, -0.1) is 0 Å². The molecule has 0 radical (unpaired) electrons. The minimum Gasteiger partial charge on any atom is -0.342 e. The number of aromatic nitrogens is 1. The summed E-state index contributed by atoms with van der Waals surface area (Å²) < 4.78 is 39.9. The molecule has 8 heteroatoms. The van der Waals surface area contributed by atoms with Gasteiger partial charge < -0.3 is 4.90 Å². The zero-order valence-corrected chi connectivity index (χ0v) is 17.7. The molecule has 6 nitrogen and oxygen atoms in total. The molecule has 1 saturated carbocycles. The van der Waals surface area contributed by atoms with Crippen molar-refractivity contribution in [2.24, 2.45) is 5.92 Å². The van der Waals surface area contributed by atoms with Crippen molar-refractivity contribution in [1.82, 2.24) is 14.6 Å². The van der Waals surface area contributed by atoms with Crippen molar-refractivity contribution in [2.75, 3.05) is 19.3 Å². The zero-order chi connectivity index (χ0) is 21.3. The molecule has 160 valence electrons. The number of pyridine rings is 1. The van der Waals surface area contributed by atoms with Crippen LogP contribution < -0.4 is 4.72 Å². The second-order valence-electron chi connectivity index (χ2n) is 8.21. The van der Waals surface area contributed by atoms with E-state index in [1.165, 1.54) is 6.07 Å². The molecule has 0 spiro atoms. The Labute approximate surface area is 176 Å². The van der Waals surface area contributed by atoms with E-state index in [1.54, 1.807) is 12.3 Å². The van der Waals surface area contributed by atoms with Crippen LogP contribution in [0.3, 0.4) is 0 Å². The van der Waals surface area contributed by atoms with Gasteiger partial charge in [0, 0.05) is 36.8 Å². The lowest BCUT2D eigenvalue weighted by molar-refractivity contribution is -0.132. The summed E-state index contributed by atoms with van der Waals surface area (Å²) in [6, 6.07) is 10.4. The molecule has 2 aliphatic rings. The van der Waals surface area contributed by atoms with Crippen LogP contribution in [0.4, 0.5) is 4.39 Å². The first-order chi connectivity index (χ1) is 14.3. The van der Waals surface area contributed by atoms with Crippen LogP contribution in [0.5, 0.6) is 0 Å². The van der Waals surface area contributed by atoms with E-state index in [-0.39, 0.29) is 29.6 Å². The van der Waals surface area contributed by atoms with Crippen molar-refractivity contribution in [1.29, 1.82) is 0 Å². The van der Waals surface area contributed by atoms with Gasteiger partial charge >= 0.3 is 0 Å². The number of sulfonamides is 1. The molecule has 2 fully saturated rings. The van der Waals surface area contributed by atoms with E-state index in [0.717, 1.165) is 36.6 Å². The molecule has 1 saturated heterocycles. The lowest BCUT2D eigenvalue weighted by Crippen LogP contribution is -2.36. The maximum absolute atomic E-state index is 14.3. The number of rotatable bonds is 5.